The fourth-order valence-electron chi connectivity index (χ4n) is 4.69. The standard InChI is InChI=1S/C38H33N3O4S/c1-27(38(44)41(31-17-8-4-9-18-31)32-19-10-5-11-20-32)46-33-24-22-30(23-25-33)39-37(43)34(26-29-16-12-13-21-35(29)45-2)40-36(42)28-14-6-3-7-15-28/h3-27H,1-2H3,(H,39,43)(H,40,42)/b34-26-. The molecule has 0 aromatic heterocycles. The van der Waals surface area contributed by atoms with Crippen LogP contribution in [0.2, 0.25) is 0 Å². The van der Waals surface area contributed by atoms with Crippen LogP contribution in [0.1, 0.15) is 22.8 Å². The summed E-state index contributed by atoms with van der Waals surface area (Å²) in [5, 5.41) is 5.22. The van der Waals surface area contributed by atoms with E-state index in [0.717, 1.165) is 16.3 Å². The highest BCUT2D eigenvalue weighted by atomic mass is 32.2. The molecule has 0 radical (unpaired) electrons. The van der Waals surface area contributed by atoms with Crippen LogP contribution in [0.4, 0.5) is 17.1 Å². The molecule has 0 spiro atoms. The van der Waals surface area contributed by atoms with Crippen LogP contribution in [0.25, 0.3) is 6.08 Å². The average Bonchev–Trinajstić information content (AvgIpc) is 3.10. The van der Waals surface area contributed by atoms with Gasteiger partial charge in [0.05, 0.1) is 12.4 Å². The molecule has 1 atom stereocenters. The Morgan fingerprint density at radius 3 is 1.85 bits per heavy atom. The normalized spacial score (nSPS) is 11.7. The van der Waals surface area contributed by atoms with Crippen LogP contribution in [0.15, 0.2) is 150 Å². The molecule has 7 nitrogen and oxygen atoms in total. The Morgan fingerprint density at radius 1 is 0.717 bits per heavy atom. The third-order valence-corrected chi connectivity index (χ3v) is 8.09. The first-order chi connectivity index (χ1) is 22.4. The van der Waals surface area contributed by atoms with Gasteiger partial charge in [0.15, 0.2) is 0 Å². The number of methoxy groups -OCH3 is 1. The third-order valence-electron chi connectivity index (χ3n) is 6.99. The second-order valence-electron chi connectivity index (χ2n) is 10.2. The maximum atomic E-state index is 13.7. The van der Waals surface area contributed by atoms with Gasteiger partial charge in [0, 0.05) is 33.1 Å². The van der Waals surface area contributed by atoms with Crippen molar-refractivity contribution >= 4 is 52.6 Å². The van der Waals surface area contributed by atoms with Crippen molar-refractivity contribution < 1.29 is 19.1 Å². The summed E-state index contributed by atoms with van der Waals surface area (Å²) in [5.41, 5.74) is 3.22. The Bertz CT molecular complexity index is 1770. The van der Waals surface area contributed by atoms with Gasteiger partial charge in [0.1, 0.15) is 11.4 Å². The van der Waals surface area contributed by atoms with Gasteiger partial charge in [-0.15, -0.1) is 11.8 Å². The third kappa shape index (κ3) is 8.11. The summed E-state index contributed by atoms with van der Waals surface area (Å²) >= 11 is 1.43. The number of nitrogens with zero attached hydrogens (tertiary/aromatic N) is 1. The van der Waals surface area contributed by atoms with E-state index in [4.69, 9.17) is 4.74 Å². The summed E-state index contributed by atoms with van der Waals surface area (Å²) < 4.78 is 5.44. The van der Waals surface area contributed by atoms with Crippen molar-refractivity contribution in [3.63, 3.8) is 0 Å². The zero-order valence-electron chi connectivity index (χ0n) is 25.4. The number of carbonyl (C=O) groups is 3. The van der Waals surface area contributed by atoms with Crippen LogP contribution in [0, 0.1) is 0 Å². The number of anilines is 3. The first kappa shape index (κ1) is 31.8. The quantitative estimate of drug-likeness (QED) is 0.115. The molecular formula is C38H33N3O4S. The van der Waals surface area contributed by atoms with Gasteiger partial charge in [-0.05, 0) is 79.7 Å². The minimum absolute atomic E-state index is 0.0536. The molecule has 0 aliphatic carbocycles. The van der Waals surface area contributed by atoms with E-state index >= 15 is 0 Å². The second-order valence-corrected chi connectivity index (χ2v) is 11.6. The van der Waals surface area contributed by atoms with Crippen molar-refractivity contribution in [1.82, 2.24) is 5.32 Å². The van der Waals surface area contributed by atoms with Crippen molar-refractivity contribution in [3.8, 4) is 5.75 Å². The zero-order chi connectivity index (χ0) is 32.3. The minimum Gasteiger partial charge on any atom is -0.496 e. The monoisotopic (exact) mass is 627 g/mol. The van der Waals surface area contributed by atoms with Crippen molar-refractivity contribution in [2.45, 2.75) is 17.1 Å². The molecule has 2 N–H and O–H groups in total. The van der Waals surface area contributed by atoms with E-state index in [-0.39, 0.29) is 11.6 Å². The molecule has 46 heavy (non-hydrogen) atoms. The van der Waals surface area contributed by atoms with Crippen molar-refractivity contribution in [3.05, 3.63) is 156 Å². The first-order valence-electron chi connectivity index (χ1n) is 14.7. The van der Waals surface area contributed by atoms with E-state index in [1.165, 1.54) is 11.8 Å². The van der Waals surface area contributed by atoms with Crippen LogP contribution in [-0.2, 0) is 9.59 Å². The summed E-state index contributed by atoms with van der Waals surface area (Å²) in [6.45, 7) is 1.88. The number of para-hydroxylation sites is 3. The lowest BCUT2D eigenvalue weighted by Gasteiger charge is -2.26. The summed E-state index contributed by atoms with van der Waals surface area (Å²) in [6.07, 6.45) is 1.58. The highest BCUT2D eigenvalue weighted by Crippen LogP contribution is 2.31. The molecule has 8 heteroatoms. The summed E-state index contributed by atoms with van der Waals surface area (Å²) in [7, 11) is 1.55. The summed E-state index contributed by atoms with van der Waals surface area (Å²) in [4.78, 5) is 42.8. The fraction of sp³-hybridized carbons (Fsp3) is 0.0789. The van der Waals surface area contributed by atoms with E-state index < -0.39 is 17.1 Å². The Labute approximate surface area is 272 Å². The number of nitrogens with one attached hydrogen (secondary N) is 2. The van der Waals surface area contributed by atoms with Crippen molar-refractivity contribution in [2.75, 3.05) is 17.3 Å². The molecule has 5 rings (SSSR count). The fourth-order valence-corrected chi connectivity index (χ4v) is 5.60. The van der Waals surface area contributed by atoms with E-state index in [1.54, 1.807) is 66.6 Å². The van der Waals surface area contributed by atoms with Gasteiger partial charge in [-0.3, -0.25) is 19.3 Å². The van der Waals surface area contributed by atoms with E-state index in [9.17, 15) is 14.4 Å². The van der Waals surface area contributed by atoms with Crippen LogP contribution < -0.4 is 20.3 Å². The number of amides is 3. The second kappa shape index (κ2) is 15.4. The Kier molecular flexibility index (Phi) is 10.7. The topological polar surface area (TPSA) is 87.7 Å². The first-order valence-corrected chi connectivity index (χ1v) is 15.5. The molecule has 3 amide bonds. The predicted molar refractivity (Wildman–Crippen MR) is 185 cm³/mol. The largest absolute Gasteiger partial charge is 0.496 e. The predicted octanol–water partition coefficient (Wildman–Crippen LogP) is 7.95. The smallest absolute Gasteiger partial charge is 0.272 e. The molecule has 5 aromatic rings. The molecular weight excluding hydrogens is 595 g/mol. The molecule has 5 aromatic carbocycles. The molecule has 1 unspecified atom stereocenters. The van der Waals surface area contributed by atoms with Gasteiger partial charge >= 0.3 is 0 Å². The lowest BCUT2D eigenvalue weighted by atomic mass is 10.1. The van der Waals surface area contributed by atoms with Crippen LogP contribution >= 0.6 is 11.8 Å². The minimum atomic E-state index is -0.500. The number of carbonyl (C=O) groups excluding carboxylic acids is 3. The summed E-state index contributed by atoms with van der Waals surface area (Å²) in [6, 6.07) is 42.3. The number of thioether (sulfide) groups is 1. The Balaban J connectivity index is 1.31. The number of rotatable bonds is 11. The highest BCUT2D eigenvalue weighted by molar-refractivity contribution is 8.00. The zero-order valence-corrected chi connectivity index (χ0v) is 26.2. The lowest BCUT2D eigenvalue weighted by Crippen LogP contribution is -2.32. The molecule has 0 saturated heterocycles. The van der Waals surface area contributed by atoms with Crippen molar-refractivity contribution in [1.29, 1.82) is 0 Å². The van der Waals surface area contributed by atoms with Gasteiger partial charge in [0.25, 0.3) is 11.8 Å². The number of hydrogen-bond acceptors (Lipinski definition) is 5. The number of benzene rings is 5. The van der Waals surface area contributed by atoms with Gasteiger partial charge < -0.3 is 15.4 Å². The van der Waals surface area contributed by atoms with Crippen LogP contribution in [0.5, 0.6) is 5.75 Å². The summed E-state index contributed by atoms with van der Waals surface area (Å²) in [5.74, 6) is -0.409. The number of ether oxygens (including phenoxy) is 1. The van der Waals surface area contributed by atoms with E-state index in [0.29, 0.717) is 22.6 Å². The van der Waals surface area contributed by atoms with Crippen LogP contribution in [-0.4, -0.2) is 30.1 Å². The molecule has 230 valence electrons. The highest BCUT2D eigenvalue weighted by Gasteiger charge is 2.24. The SMILES string of the molecule is COc1ccccc1/C=C(\NC(=O)c1ccccc1)C(=O)Nc1ccc(SC(C)C(=O)N(c2ccccc2)c2ccccc2)cc1. The van der Waals surface area contributed by atoms with Gasteiger partial charge in [0.2, 0.25) is 5.91 Å². The number of hydrogen-bond donors (Lipinski definition) is 2. The molecule has 0 saturated carbocycles. The molecule has 0 heterocycles. The average molecular weight is 628 g/mol. The molecule has 0 aliphatic heterocycles. The maximum absolute atomic E-state index is 13.7. The molecule has 0 fully saturated rings. The lowest BCUT2D eigenvalue weighted by molar-refractivity contribution is -0.117. The molecule has 0 aliphatic rings. The van der Waals surface area contributed by atoms with Gasteiger partial charge in [-0.1, -0.05) is 72.8 Å². The Hall–Kier alpha value is -5.60. The Morgan fingerprint density at radius 2 is 1.26 bits per heavy atom. The van der Waals surface area contributed by atoms with Crippen LogP contribution in [0.3, 0.4) is 0 Å². The van der Waals surface area contributed by atoms with Gasteiger partial charge in [-0.2, -0.15) is 0 Å². The molecule has 0 bridgehead atoms. The van der Waals surface area contributed by atoms with Crippen molar-refractivity contribution in [2.24, 2.45) is 0 Å². The maximum Gasteiger partial charge on any atom is 0.272 e. The van der Waals surface area contributed by atoms with E-state index in [2.05, 4.69) is 10.6 Å². The van der Waals surface area contributed by atoms with Gasteiger partial charge in [-0.25, -0.2) is 0 Å². The van der Waals surface area contributed by atoms with E-state index in [1.807, 2.05) is 97.9 Å².